The predicted molar refractivity (Wildman–Crippen MR) is 228 cm³/mol. The number of carboxylic acid groups (broad SMARTS) is 2. The Kier molecular flexibility index (Phi) is 13.6. The Balaban J connectivity index is 0.000000168. The predicted octanol–water partition coefficient (Wildman–Crippen LogP) is 4.65. The van der Waals surface area contributed by atoms with Crippen LogP contribution in [0.25, 0.3) is 22.3 Å². The maximum Gasteiger partial charge on any atom is 0.318 e. The number of allylic oxidation sites excluding steroid dienone is 2. The van der Waals surface area contributed by atoms with Gasteiger partial charge in [-0.3, -0.25) is 33.6 Å². The van der Waals surface area contributed by atoms with Crippen molar-refractivity contribution in [2.75, 3.05) is 0 Å². The van der Waals surface area contributed by atoms with Crippen molar-refractivity contribution in [3.05, 3.63) is 135 Å². The van der Waals surface area contributed by atoms with Crippen molar-refractivity contribution in [3.63, 3.8) is 0 Å². The van der Waals surface area contributed by atoms with Gasteiger partial charge >= 0.3 is 11.9 Å². The molecule has 0 unspecified atom stereocenters. The average molecular weight is 915 g/mol. The Labute approximate surface area is 367 Å². The number of rotatable bonds is 4. The fourth-order valence-corrected chi connectivity index (χ4v) is 6.18. The maximum absolute atomic E-state index is 12.2. The first-order valence-corrected chi connectivity index (χ1v) is 18.7. The van der Waals surface area contributed by atoms with Crippen LogP contribution in [0.15, 0.2) is 100 Å². The molecule has 1 aromatic heterocycles. The molecule has 0 spiro atoms. The van der Waals surface area contributed by atoms with Gasteiger partial charge in [0.2, 0.25) is 16.9 Å². The van der Waals surface area contributed by atoms with Gasteiger partial charge in [0.1, 0.15) is 27.4 Å². The van der Waals surface area contributed by atoms with Gasteiger partial charge in [0.15, 0.2) is 63.2 Å². The molecular weight excluding hydrogens is 885 g/mol. The number of aromatic hydroxyl groups is 9. The SMILES string of the molecule is O=C(O)[C@@H](S)[C@@H](S)C(=O)O.O=C1C=CC(=O)c2c(O)cccc21.O=C1c2ccccc2C(=O)c2c1ccc(O)c2O.O=c1c(O)c(-c2ccc(O)c(O)c2)oc2c(O)c(O)cc(O)c12. The zero-order valence-corrected chi connectivity index (χ0v) is 33.7. The molecular formula is C43H30O19S2. The normalized spacial score (nSPS) is 13.0. The minimum atomic E-state index is -1.29. The van der Waals surface area contributed by atoms with Gasteiger partial charge in [-0.05, 0) is 48.6 Å². The Morgan fingerprint density at radius 3 is 1.62 bits per heavy atom. The van der Waals surface area contributed by atoms with Crippen molar-refractivity contribution >= 4 is 71.3 Å². The monoisotopic (exact) mass is 914 g/mol. The lowest BCUT2D eigenvalue weighted by molar-refractivity contribution is -0.142. The molecule has 19 nitrogen and oxygen atoms in total. The number of carbonyl (C=O) groups is 6. The second-order valence-corrected chi connectivity index (χ2v) is 14.3. The number of aliphatic carboxylic acids is 2. The molecule has 0 bridgehead atoms. The van der Waals surface area contributed by atoms with Crippen LogP contribution < -0.4 is 5.43 Å². The number of thiol groups is 2. The number of hydrogen-bond donors (Lipinski definition) is 13. The Morgan fingerprint density at radius 2 is 1.05 bits per heavy atom. The zero-order chi connectivity index (χ0) is 47.5. The van der Waals surface area contributed by atoms with E-state index in [0.29, 0.717) is 5.56 Å². The smallest absolute Gasteiger partial charge is 0.318 e. The summed E-state index contributed by atoms with van der Waals surface area (Å²) in [4.78, 5) is 79.2. The molecule has 0 saturated heterocycles. The van der Waals surface area contributed by atoms with E-state index in [1.165, 1.54) is 48.6 Å². The van der Waals surface area contributed by atoms with Crippen molar-refractivity contribution in [3.8, 4) is 63.1 Å². The Hall–Kier alpha value is -8.43. The third kappa shape index (κ3) is 9.10. The lowest BCUT2D eigenvalue weighted by Crippen LogP contribution is -2.31. The van der Waals surface area contributed by atoms with Gasteiger partial charge in [-0.15, -0.1) is 0 Å². The lowest BCUT2D eigenvalue weighted by atomic mass is 9.83. The van der Waals surface area contributed by atoms with Crippen LogP contribution in [0.3, 0.4) is 0 Å². The highest BCUT2D eigenvalue weighted by Crippen LogP contribution is 2.43. The van der Waals surface area contributed by atoms with Crippen LogP contribution in [0.1, 0.15) is 52.6 Å². The van der Waals surface area contributed by atoms with Gasteiger partial charge in [0.05, 0.1) is 11.1 Å². The van der Waals surface area contributed by atoms with Crippen LogP contribution in [0.2, 0.25) is 0 Å². The quantitative estimate of drug-likeness (QED) is 0.0649. The summed E-state index contributed by atoms with van der Waals surface area (Å²) < 4.78 is 5.23. The number of carboxylic acids is 2. The maximum atomic E-state index is 12.2. The third-order valence-corrected chi connectivity index (χ3v) is 10.4. The molecule has 2 aliphatic carbocycles. The molecule has 0 radical (unpaired) electrons. The first-order valence-electron chi connectivity index (χ1n) is 17.7. The van der Waals surface area contributed by atoms with Gasteiger partial charge in [-0.25, -0.2) is 0 Å². The minimum Gasteiger partial charge on any atom is -0.507 e. The standard InChI is InChI=1S/C15H10O8.C14H8O4.C10H6O3.C4H6O4S2/c16-6-2-1-5(3-7(6)17)14-13(22)12(21)10-8(18)4-9(19)11(20)15(10)23-14;15-10-6-5-9-11(14(10)18)13(17)8-4-2-1-3-7(8)12(9)16;11-7-4-5-9(13)10-6(7)2-1-3-8(10)12;5-3(6)1(9)2(10)4(7)8/h1-4,16-20,22H;1-6,15,18H;1-5,12H;1-2,9-10H,(H,5,6)(H,7,8)/t;;;1-,2+. The molecule has 0 saturated carbocycles. The van der Waals surface area contributed by atoms with Gasteiger partial charge in [-0.2, -0.15) is 25.3 Å². The lowest BCUT2D eigenvalue weighted by Gasteiger charge is -2.18. The fraction of sp³-hybridized carbons (Fsp3) is 0.0465. The van der Waals surface area contributed by atoms with Crippen LogP contribution in [0.5, 0.6) is 51.7 Å². The summed E-state index contributed by atoms with van der Waals surface area (Å²) >= 11 is 7.00. The highest BCUT2D eigenvalue weighted by molar-refractivity contribution is 7.86. The topological polar surface area (TPSA) is 355 Å². The summed E-state index contributed by atoms with van der Waals surface area (Å²) in [6, 6.07) is 17.6. The Morgan fingerprint density at radius 1 is 0.484 bits per heavy atom. The van der Waals surface area contributed by atoms with Crippen LogP contribution in [-0.2, 0) is 9.59 Å². The van der Waals surface area contributed by atoms with Crippen molar-refractivity contribution in [2.24, 2.45) is 0 Å². The van der Waals surface area contributed by atoms with Gasteiger partial charge in [0.25, 0.3) is 0 Å². The van der Waals surface area contributed by atoms with E-state index in [1.54, 1.807) is 24.3 Å². The van der Waals surface area contributed by atoms with E-state index in [0.717, 1.165) is 18.2 Å². The van der Waals surface area contributed by atoms with E-state index < -0.39 is 96.4 Å². The molecule has 6 aromatic rings. The van der Waals surface area contributed by atoms with Crippen LogP contribution >= 0.6 is 25.3 Å². The number of ketones is 4. The molecule has 5 aromatic carbocycles. The zero-order valence-electron chi connectivity index (χ0n) is 31.9. The van der Waals surface area contributed by atoms with Crippen molar-refractivity contribution in [1.82, 2.24) is 0 Å². The highest BCUT2D eigenvalue weighted by Gasteiger charge is 2.33. The molecule has 2 atom stereocenters. The summed E-state index contributed by atoms with van der Waals surface area (Å²) in [5.74, 6) is -9.43. The Bertz CT molecular complexity index is 3020. The first-order chi connectivity index (χ1) is 30.1. The fourth-order valence-electron chi connectivity index (χ4n) is 5.93. The largest absolute Gasteiger partial charge is 0.507 e. The van der Waals surface area contributed by atoms with Crippen molar-refractivity contribution in [1.29, 1.82) is 0 Å². The molecule has 64 heavy (non-hydrogen) atoms. The third-order valence-electron chi connectivity index (χ3n) is 9.10. The number of benzene rings is 5. The van der Waals surface area contributed by atoms with Crippen LogP contribution in [0.4, 0.5) is 0 Å². The number of phenols is 8. The number of fused-ring (bicyclic) bond motifs is 4. The highest BCUT2D eigenvalue weighted by atomic mass is 32.1. The van der Waals surface area contributed by atoms with Gasteiger partial charge < -0.3 is 60.6 Å². The molecule has 328 valence electrons. The number of hydrogen-bond acceptors (Lipinski definition) is 19. The summed E-state index contributed by atoms with van der Waals surface area (Å²) in [5, 5.41) is 99.7. The first kappa shape index (κ1) is 46.6. The minimum absolute atomic E-state index is 0.0269. The summed E-state index contributed by atoms with van der Waals surface area (Å²) in [7, 11) is 0. The van der Waals surface area contributed by atoms with E-state index in [2.05, 4.69) is 25.3 Å². The van der Waals surface area contributed by atoms with Crippen LogP contribution in [0, 0.1) is 0 Å². The summed E-state index contributed by atoms with van der Waals surface area (Å²) in [5.41, 5.74) is -0.611. The molecule has 0 aliphatic heterocycles. The molecule has 21 heteroatoms. The van der Waals surface area contributed by atoms with E-state index in [4.69, 9.17) is 14.6 Å². The van der Waals surface area contributed by atoms with Gasteiger partial charge in [0, 0.05) is 33.9 Å². The second kappa shape index (κ2) is 18.7. The molecule has 0 fully saturated rings. The molecule has 0 amide bonds. The van der Waals surface area contributed by atoms with E-state index in [-0.39, 0.29) is 56.5 Å². The summed E-state index contributed by atoms with van der Waals surface area (Å²) in [6.45, 7) is 0. The van der Waals surface area contributed by atoms with E-state index in [9.17, 15) is 79.5 Å². The number of carbonyl (C=O) groups excluding carboxylic acids is 4. The van der Waals surface area contributed by atoms with E-state index in [1.807, 2.05) is 0 Å². The van der Waals surface area contributed by atoms with Gasteiger partial charge in [-0.1, -0.05) is 36.4 Å². The molecule has 1 heterocycles. The average Bonchev–Trinajstić information content (AvgIpc) is 3.26. The van der Waals surface area contributed by atoms with E-state index >= 15 is 0 Å². The van der Waals surface area contributed by atoms with Crippen molar-refractivity contribution < 1.29 is 89.4 Å². The molecule has 2 aliphatic rings. The molecule has 8 rings (SSSR count). The molecule has 11 N–H and O–H groups in total. The van der Waals surface area contributed by atoms with Crippen molar-refractivity contribution in [2.45, 2.75) is 10.5 Å². The summed E-state index contributed by atoms with van der Waals surface area (Å²) in [6.07, 6.45) is 2.38. The van der Waals surface area contributed by atoms with Crippen LogP contribution in [-0.4, -0.2) is 102 Å². The number of phenolic OH excluding ortho intramolecular Hbond substituents is 8. The second-order valence-electron chi connectivity index (χ2n) is 13.2.